The van der Waals surface area contributed by atoms with Crippen molar-refractivity contribution >= 4 is 23.4 Å². The molecule has 1 rings (SSSR count). The van der Waals surface area contributed by atoms with Crippen LogP contribution in [0.2, 0.25) is 0 Å². The summed E-state index contributed by atoms with van der Waals surface area (Å²) in [5.74, 6) is 0.347. The van der Waals surface area contributed by atoms with Crippen molar-refractivity contribution < 1.29 is 19.2 Å². The fraction of sp³-hybridized carbons (Fsp3) is 0.222. The van der Waals surface area contributed by atoms with E-state index in [4.69, 9.17) is 16.3 Å². The first kappa shape index (κ1) is 12.3. The molecular weight excluding hydrogens is 238 g/mol. The van der Waals surface area contributed by atoms with Crippen molar-refractivity contribution in [1.29, 1.82) is 0 Å². The average Bonchev–Trinajstić information content (AvgIpc) is 2.27. The first-order chi connectivity index (χ1) is 7.63. The van der Waals surface area contributed by atoms with Gasteiger partial charge in [0.2, 0.25) is 0 Å². The Kier molecular flexibility index (Phi) is 4.53. The third-order valence-electron chi connectivity index (χ3n) is 1.55. The number of alkyl halides is 1. The minimum absolute atomic E-state index is 0.0490. The van der Waals surface area contributed by atoms with Crippen LogP contribution in [0, 0.1) is 10.1 Å². The lowest BCUT2D eigenvalue weighted by Crippen LogP contribution is -2.11. The highest BCUT2D eigenvalue weighted by Gasteiger charge is 2.08. The molecule has 1 aromatic carbocycles. The molecule has 0 radical (unpaired) electrons. The van der Waals surface area contributed by atoms with Gasteiger partial charge < -0.3 is 9.47 Å². The summed E-state index contributed by atoms with van der Waals surface area (Å²) in [6.07, 6.45) is -0.894. The topological polar surface area (TPSA) is 78.7 Å². The summed E-state index contributed by atoms with van der Waals surface area (Å²) < 4.78 is 9.25. The molecule has 0 bridgehead atoms. The van der Waals surface area contributed by atoms with Gasteiger partial charge in [-0.05, 0) is 12.1 Å². The van der Waals surface area contributed by atoms with E-state index in [0.29, 0.717) is 0 Å². The van der Waals surface area contributed by atoms with Gasteiger partial charge in [0.05, 0.1) is 10.8 Å². The SMILES string of the molecule is O=C(OCCCl)Oc1ccc([N+](=O)[O-])cc1. The zero-order valence-corrected chi connectivity index (χ0v) is 8.85. The van der Waals surface area contributed by atoms with E-state index in [-0.39, 0.29) is 23.9 Å². The molecule has 16 heavy (non-hydrogen) atoms. The van der Waals surface area contributed by atoms with Gasteiger partial charge in [-0.1, -0.05) is 0 Å². The van der Waals surface area contributed by atoms with E-state index in [0.717, 1.165) is 0 Å². The summed E-state index contributed by atoms with van der Waals surface area (Å²) >= 11 is 5.30. The fourth-order valence-electron chi connectivity index (χ4n) is 0.883. The van der Waals surface area contributed by atoms with E-state index in [9.17, 15) is 14.9 Å². The molecule has 86 valence electrons. The minimum atomic E-state index is -0.894. The van der Waals surface area contributed by atoms with Crippen LogP contribution in [0.4, 0.5) is 10.5 Å². The first-order valence-electron chi connectivity index (χ1n) is 4.28. The Labute approximate surface area is 95.9 Å². The second-order valence-electron chi connectivity index (χ2n) is 2.64. The van der Waals surface area contributed by atoms with Crippen molar-refractivity contribution in [3.05, 3.63) is 34.4 Å². The van der Waals surface area contributed by atoms with Gasteiger partial charge in [0.15, 0.2) is 0 Å². The van der Waals surface area contributed by atoms with E-state index >= 15 is 0 Å². The highest BCUT2D eigenvalue weighted by molar-refractivity contribution is 6.18. The van der Waals surface area contributed by atoms with Crippen molar-refractivity contribution in [1.82, 2.24) is 0 Å². The number of nitro benzene ring substituents is 1. The van der Waals surface area contributed by atoms with E-state index < -0.39 is 11.1 Å². The Morgan fingerprint density at radius 1 is 1.38 bits per heavy atom. The van der Waals surface area contributed by atoms with E-state index in [2.05, 4.69) is 4.74 Å². The highest BCUT2D eigenvalue weighted by Crippen LogP contribution is 2.17. The first-order valence-corrected chi connectivity index (χ1v) is 4.82. The third kappa shape index (κ3) is 3.74. The van der Waals surface area contributed by atoms with Crippen molar-refractivity contribution in [3.8, 4) is 5.75 Å². The lowest BCUT2D eigenvalue weighted by atomic mass is 10.3. The maximum absolute atomic E-state index is 11.0. The summed E-state index contributed by atoms with van der Waals surface area (Å²) in [6, 6.07) is 5.06. The van der Waals surface area contributed by atoms with Gasteiger partial charge >= 0.3 is 6.16 Å². The van der Waals surface area contributed by atoms with Gasteiger partial charge in [-0.15, -0.1) is 11.6 Å². The van der Waals surface area contributed by atoms with Crippen LogP contribution in [0.5, 0.6) is 5.75 Å². The van der Waals surface area contributed by atoms with Crippen LogP contribution in [-0.2, 0) is 4.74 Å². The molecule has 1 aromatic rings. The summed E-state index contributed by atoms with van der Waals surface area (Å²) in [4.78, 5) is 20.7. The number of rotatable bonds is 4. The lowest BCUT2D eigenvalue weighted by molar-refractivity contribution is -0.384. The number of hydrogen-bond acceptors (Lipinski definition) is 5. The number of halogens is 1. The maximum atomic E-state index is 11.0. The monoisotopic (exact) mass is 245 g/mol. The Bertz CT molecular complexity index is 378. The number of non-ortho nitro benzene ring substituents is 1. The van der Waals surface area contributed by atoms with Crippen molar-refractivity contribution in [2.45, 2.75) is 0 Å². The van der Waals surface area contributed by atoms with Crippen LogP contribution >= 0.6 is 11.6 Å². The van der Waals surface area contributed by atoms with Crippen LogP contribution in [0.15, 0.2) is 24.3 Å². The molecule has 0 amide bonds. The molecule has 0 aliphatic rings. The minimum Gasteiger partial charge on any atom is -0.433 e. The second kappa shape index (κ2) is 5.92. The van der Waals surface area contributed by atoms with Crippen LogP contribution in [0.25, 0.3) is 0 Å². The van der Waals surface area contributed by atoms with Gasteiger partial charge in [0.1, 0.15) is 12.4 Å². The number of hydrogen-bond donors (Lipinski definition) is 0. The zero-order valence-electron chi connectivity index (χ0n) is 8.09. The van der Waals surface area contributed by atoms with Crippen molar-refractivity contribution in [2.24, 2.45) is 0 Å². The smallest absolute Gasteiger partial charge is 0.433 e. The number of carbonyl (C=O) groups is 1. The predicted molar refractivity (Wildman–Crippen MR) is 55.8 cm³/mol. The lowest BCUT2D eigenvalue weighted by Gasteiger charge is -2.03. The van der Waals surface area contributed by atoms with Crippen LogP contribution in [-0.4, -0.2) is 23.6 Å². The summed E-state index contributed by atoms with van der Waals surface area (Å²) in [7, 11) is 0. The standard InChI is InChI=1S/C9H8ClNO5/c10-5-6-15-9(12)16-8-3-1-7(2-4-8)11(13)14/h1-4H,5-6H2. The van der Waals surface area contributed by atoms with Gasteiger partial charge in [0.25, 0.3) is 5.69 Å². The maximum Gasteiger partial charge on any atom is 0.513 e. The van der Waals surface area contributed by atoms with E-state index in [1.165, 1.54) is 24.3 Å². The Morgan fingerprint density at radius 3 is 2.50 bits per heavy atom. The van der Waals surface area contributed by atoms with Gasteiger partial charge in [-0.25, -0.2) is 4.79 Å². The van der Waals surface area contributed by atoms with Gasteiger partial charge in [-0.3, -0.25) is 10.1 Å². The zero-order chi connectivity index (χ0) is 12.0. The summed E-state index contributed by atoms with van der Waals surface area (Å²) in [6.45, 7) is 0.0490. The normalized spacial score (nSPS) is 9.56. The molecule has 0 atom stereocenters. The third-order valence-corrected chi connectivity index (χ3v) is 1.70. The quantitative estimate of drug-likeness (QED) is 0.267. The largest absolute Gasteiger partial charge is 0.513 e. The van der Waals surface area contributed by atoms with E-state index in [1.807, 2.05) is 0 Å². The van der Waals surface area contributed by atoms with Gasteiger partial charge in [-0.2, -0.15) is 0 Å². The number of carbonyl (C=O) groups excluding carboxylic acids is 1. The number of benzene rings is 1. The molecule has 0 spiro atoms. The molecule has 7 heteroatoms. The van der Waals surface area contributed by atoms with Crippen LogP contribution in [0.1, 0.15) is 0 Å². The predicted octanol–water partition coefficient (Wildman–Crippen LogP) is 2.35. The Hall–Kier alpha value is -1.82. The van der Waals surface area contributed by atoms with Crippen molar-refractivity contribution in [2.75, 3.05) is 12.5 Å². The van der Waals surface area contributed by atoms with Crippen molar-refractivity contribution in [3.63, 3.8) is 0 Å². The molecule has 0 fully saturated rings. The summed E-state index contributed by atoms with van der Waals surface area (Å²) in [5, 5.41) is 10.3. The number of ether oxygens (including phenoxy) is 2. The fourth-order valence-corrected chi connectivity index (χ4v) is 0.961. The second-order valence-corrected chi connectivity index (χ2v) is 3.02. The highest BCUT2D eigenvalue weighted by atomic mass is 35.5. The van der Waals surface area contributed by atoms with E-state index in [1.54, 1.807) is 0 Å². The van der Waals surface area contributed by atoms with Gasteiger partial charge in [0, 0.05) is 12.1 Å². The Morgan fingerprint density at radius 2 is 2.00 bits per heavy atom. The summed E-state index contributed by atoms with van der Waals surface area (Å²) in [5.41, 5.74) is -0.0820. The number of nitro groups is 1. The molecule has 0 saturated carbocycles. The molecule has 0 aliphatic carbocycles. The molecule has 0 unspecified atom stereocenters. The average molecular weight is 246 g/mol. The number of nitrogens with zero attached hydrogens (tertiary/aromatic N) is 1. The van der Waals surface area contributed by atoms with Crippen LogP contribution < -0.4 is 4.74 Å². The van der Waals surface area contributed by atoms with Crippen LogP contribution in [0.3, 0.4) is 0 Å². The molecule has 0 N–H and O–H groups in total. The molecule has 0 aliphatic heterocycles. The molecule has 0 aromatic heterocycles. The molecular formula is C9H8ClNO5. The molecule has 0 heterocycles. The Balaban J connectivity index is 2.55. The molecule has 6 nitrogen and oxygen atoms in total. The molecule has 0 saturated heterocycles.